The van der Waals surface area contributed by atoms with Crippen LogP contribution in [0.4, 0.5) is 0 Å². The Balaban J connectivity index is 2.24. The van der Waals surface area contributed by atoms with Crippen LogP contribution in [0.15, 0.2) is 35.3 Å². The molecule has 0 aromatic heterocycles. The number of hydrogen-bond acceptors (Lipinski definition) is 1. The second kappa shape index (κ2) is 2.31. The zero-order valence-electron chi connectivity index (χ0n) is 5.70. The van der Waals surface area contributed by atoms with Crippen LogP contribution in [0.1, 0.15) is 6.42 Å². The first-order valence-electron chi connectivity index (χ1n) is 3.61. The summed E-state index contributed by atoms with van der Waals surface area (Å²) in [5.41, 5.74) is 0. The van der Waals surface area contributed by atoms with Crippen molar-refractivity contribution in [3.05, 3.63) is 35.3 Å². The molecule has 0 aromatic carbocycles. The Morgan fingerprint density at radius 1 is 1.30 bits per heavy atom. The lowest BCUT2D eigenvalue weighted by atomic mass is 9.92. The SMILES string of the molecule is SC1=CC2C=CC=CC2C1. The standard InChI is InChI=1S/C9H10S/c10-9-5-7-3-1-2-4-8(7)6-9/h1-5,7-8,10H,6H2. The molecular weight excluding hydrogens is 140 g/mol. The molecule has 0 fully saturated rings. The molecule has 2 aliphatic rings. The van der Waals surface area contributed by atoms with Gasteiger partial charge in [-0.3, -0.25) is 0 Å². The highest BCUT2D eigenvalue weighted by molar-refractivity contribution is 7.84. The van der Waals surface area contributed by atoms with Crippen molar-refractivity contribution in [3.8, 4) is 0 Å². The summed E-state index contributed by atoms with van der Waals surface area (Å²) in [6.07, 6.45) is 12.1. The van der Waals surface area contributed by atoms with E-state index >= 15 is 0 Å². The van der Waals surface area contributed by atoms with Crippen molar-refractivity contribution in [1.82, 2.24) is 0 Å². The van der Waals surface area contributed by atoms with Gasteiger partial charge in [0, 0.05) is 5.92 Å². The smallest absolute Gasteiger partial charge is 0.00268 e. The molecule has 0 saturated carbocycles. The Morgan fingerprint density at radius 2 is 2.10 bits per heavy atom. The molecule has 0 aliphatic heterocycles. The Labute approximate surface area is 66.7 Å². The number of rotatable bonds is 0. The molecule has 2 aliphatic carbocycles. The average Bonchev–Trinajstić information content (AvgIpc) is 2.27. The fourth-order valence-electron chi connectivity index (χ4n) is 1.59. The van der Waals surface area contributed by atoms with Gasteiger partial charge >= 0.3 is 0 Å². The highest BCUT2D eigenvalue weighted by Crippen LogP contribution is 2.35. The van der Waals surface area contributed by atoms with E-state index in [-0.39, 0.29) is 0 Å². The van der Waals surface area contributed by atoms with E-state index in [0.29, 0.717) is 11.8 Å². The minimum Gasteiger partial charge on any atom is -0.148 e. The number of hydrogen-bond donors (Lipinski definition) is 1. The van der Waals surface area contributed by atoms with Crippen molar-refractivity contribution < 1.29 is 0 Å². The molecule has 0 amide bonds. The highest BCUT2D eigenvalue weighted by Gasteiger charge is 2.22. The molecule has 0 bridgehead atoms. The van der Waals surface area contributed by atoms with Gasteiger partial charge in [0.05, 0.1) is 0 Å². The molecule has 52 valence electrons. The second-order valence-corrected chi connectivity index (χ2v) is 3.45. The van der Waals surface area contributed by atoms with Crippen LogP contribution in [0.2, 0.25) is 0 Å². The lowest BCUT2D eigenvalue weighted by Gasteiger charge is -2.13. The van der Waals surface area contributed by atoms with Gasteiger partial charge in [0.15, 0.2) is 0 Å². The van der Waals surface area contributed by atoms with Crippen LogP contribution in [0.25, 0.3) is 0 Å². The van der Waals surface area contributed by atoms with Crippen molar-refractivity contribution in [1.29, 1.82) is 0 Å². The maximum atomic E-state index is 4.34. The molecule has 0 heterocycles. The first-order valence-corrected chi connectivity index (χ1v) is 4.05. The summed E-state index contributed by atoms with van der Waals surface area (Å²) in [6, 6.07) is 0. The fourth-order valence-corrected chi connectivity index (χ4v) is 1.97. The van der Waals surface area contributed by atoms with Crippen LogP contribution in [0, 0.1) is 11.8 Å². The van der Waals surface area contributed by atoms with Gasteiger partial charge in [-0.25, -0.2) is 0 Å². The summed E-state index contributed by atoms with van der Waals surface area (Å²) in [7, 11) is 0. The van der Waals surface area contributed by atoms with Gasteiger partial charge in [0.2, 0.25) is 0 Å². The van der Waals surface area contributed by atoms with Crippen LogP contribution in [-0.2, 0) is 0 Å². The van der Waals surface area contributed by atoms with Crippen LogP contribution < -0.4 is 0 Å². The first-order chi connectivity index (χ1) is 4.86. The quantitative estimate of drug-likeness (QED) is 0.504. The maximum absolute atomic E-state index is 4.34. The fraction of sp³-hybridized carbons (Fsp3) is 0.333. The van der Waals surface area contributed by atoms with Gasteiger partial charge in [0.25, 0.3) is 0 Å². The summed E-state index contributed by atoms with van der Waals surface area (Å²) >= 11 is 4.34. The molecule has 0 nitrogen and oxygen atoms in total. The molecule has 1 heteroatoms. The van der Waals surface area contributed by atoms with Crippen LogP contribution in [0.3, 0.4) is 0 Å². The van der Waals surface area contributed by atoms with E-state index in [1.54, 1.807) is 0 Å². The summed E-state index contributed by atoms with van der Waals surface area (Å²) in [4.78, 5) is 1.24. The number of thiol groups is 1. The minimum atomic E-state index is 0.637. The molecule has 0 N–H and O–H groups in total. The number of fused-ring (bicyclic) bond motifs is 1. The van der Waals surface area contributed by atoms with Crippen molar-refractivity contribution in [2.75, 3.05) is 0 Å². The third kappa shape index (κ3) is 0.948. The van der Waals surface area contributed by atoms with E-state index in [1.165, 1.54) is 4.91 Å². The zero-order chi connectivity index (χ0) is 6.97. The summed E-state index contributed by atoms with van der Waals surface area (Å²) in [6.45, 7) is 0. The van der Waals surface area contributed by atoms with Crippen LogP contribution in [-0.4, -0.2) is 0 Å². The van der Waals surface area contributed by atoms with E-state index in [0.717, 1.165) is 6.42 Å². The van der Waals surface area contributed by atoms with Crippen molar-refractivity contribution in [2.45, 2.75) is 6.42 Å². The van der Waals surface area contributed by atoms with Crippen molar-refractivity contribution in [3.63, 3.8) is 0 Å². The van der Waals surface area contributed by atoms with E-state index in [2.05, 4.69) is 43.0 Å². The third-order valence-corrected chi connectivity index (χ3v) is 2.46. The van der Waals surface area contributed by atoms with Gasteiger partial charge in [-0.1, -0.05) is 30.4 Å². The van der Waals surface area contributed by atoms with Gasteiger partial charge < -0.3 is 0 Å². The van der Waals surface area contributed by atoms with Gasteiger partial charge in [-0.15, -0.1) is 12.6 Å². The summed E-state index contributed by atoms with van der Waals surface area (Å²) in [5.74, 6) is 1.34. The molecule has 2 unspecified atom stereocenters. The molecule has 0 spiro atoms. The Bertz CT molecular complexity index is 223. The first kappa shape index (κ1) is 6.29. The van der Waals surface area contributed by atoms with Crippen LogP contribution in [0.5, 0.6) is 0 Å². The van der Waals surface area contributed by atoms with E-state index in [4.69, 9.17) is 0 Å². The largest absolute Gasteiger partial charge is 0.148 e. The highest BCUT2D eigenvalue weighted by atomic mass is 32.1. The lowest BCUT2D eigenvalue weighted by molar-refractivity contribution is 0.595. The zero-order valence-corrected chi connectivity index (χ0v) is 6.59. The van der Waals surface area contributed by atoms with Crippen molar-refractivity contribution >= 4 is 12.6 Å². The Kier molecular flexibility index (Phi) is 1.46. The number of allylic oxidation sites excluding steroid dienone is 6. The minimum absolute atomic E-state index is 0.637. The monoisotopic (exact) mass is 150 g/mol. The molecule has 10 heavy (non-hydrogen) atoms. The molecule has 2 atom stereocenters. The van der Waals surface area contributed by atoms with E-state index < -0.39 is 0 Å². The summed E-state index contributed by atoms with van der Waals surface area (Å²) < 4.78 is 0. The molecule has 0 aromatic rings. The Hall–Kier alpha value is -0.430. The molecule has 0 saturated heterocycles. The van der Waals surface area contributed by atoms with Crippen molar-refractivity contribution in [2.24, 2.45) is 11.8 Å². The van der Waals surface area contributed by atoms with Gasteiger partial charge in [-0.2, -0.15) is 0 Å². The summed E-state index contributed by atoms with van der Waals surface area (Å²) in [5, 5.41) is 0. The normalized spacial score (nSPS) is 35.9. The lowest BCUT2D eigenvalue weighted by Crippen LogP contribution is -2.03. The van der Waals surface area contributed by atoms with Crippen LogP contribution >= 0.6 is 12.6 Å². The molecular formula is C9H10S. The predicted molar refractivity (Wildman–Crippen MR) is 46.9 cm³/mol. The topological polar surface area (TPSA) is 0 Å². The molecule has 2 rings (SSSR count). The van der Waals surface area contributed by atoms with E-state index in [9.17, 15) is 0 Å². The second-order valence-electron chi connectivity index (χ2n) is 2.87. The van der Waals surface area contributed by atoms with E-state index in [1.807, 2.05) is 0 Å². The average molecular weight is 150 g/mol. The van der Waals surface area contributed by atoms with Gasteiger partial charge in [0.1, 0.15) is 0 Å². The third-order valence-electron chi connectivity index (χ3n) is 2.13. The maximum Gasteiger partial charge on any atom is 0.00268 e. The predicted octanol–water partition coefficient (Wildman–Crippen LogP) is 2.56. The Morgan fingerprint density at radius 3 is 2.90 bits per heavy atom. The van der Waals surface area contributed by atoms with Gasteiger partial charge in [-0.05, 0) is 17.2 Å². The molecule has 0 radical (unpaired) electrons.